The van der Waals surface area contributed by atoms with Crippen molar-refractivity contribution in [1.82, 2.24) is 0 Å². The van der Waals surface area contributed by atoms with E-state index in [4.69, 9.17) is 14.4 Å². The van der Waals surface area contributed by atoms with Crippen molar-refractivity contribution in [1.29, 1.82) is 0 Å². The van der Waals surface area contributed by atoms with Gasteiger partial charge in [0, 0.05) is 6.04 Å². The summed E-state index contributed by atoms with van der Waals surface area (Å²) in [6, 6.07) is -0.0732. The summed E-state index contributed by atoms with van der Waals surface area (Å²) in [5.41, 5.74) is 0. The average Bonchev–Trinajstić information content (AvgIpc) is 1.78. The summed E-state index contributed by atoms with van der Waals surface area (Å²) < 4.78 is 15.0. The lowest BCUT2D eigenvalue weighted by molar-refractivity contribution is 0.220. The standard InChI is InChI=1S/C4H12O5PSi/c1-10(5)9-3-2-4-11(6,7)8/h6-8H,2-4H2,1H3/q+1. The summed E-state index contributed by atoms with van der Waals surface area (Å²) in [4.78, 5) is 25.5. The summed E-state index contributed by atoms with van der Waals surface area (Å²) in [7, 11) is -5.53. The first-order chi connectivity index (χ1) is 4.92. The number of hydrogen-bond donors (Lipinski definition) is 3. The fourth-order valence-electron chi connectivity index (χ4n) is 0.502. The molecule has 5 nitrogen and oxygen atoms in total. The topological polar surface area (TPSA) is 87.0 Å². The van der Waals surface area contributed by atoms with E-state index in [1.54, 1.807) is 0 Å². The molecule has 11 heavy (non-hydrogen) atoms. The first-order valence-electron chi connectivity index (χ1n) is 3.13. The van der Waals surface area contributed by atoms with Crippen molar-refractivity contribution in [2.45, 2.75) is 12.5 Å². The van der Waals surface area contributed by atoms with Crippen LogP contribution in [0.5, 0.6) is 0 Å². The minimum Gasteiger partial charge on any atom is -0.390 e. The van der Waals surface area contributed by atoms with Crippen LogP contribution in [0.3, 0.4) is 0 Å². The van der Waals surface area contributed by atoms with Gasteiger partial charge in [-0.2, -0.15) is 0 Å². The highest BCUT2D eigenvalue weighted by molar-refractivity contribution is 7.38. The lowest BCUT2D eigenvalue weighted by Gasteiger charge is -2.06. The Kier molecular flexibility index (Phi) is 4.99. The van der Waals surface area contributed by atoms with Crippen LogP contribution in [0.2, 0.25) is 6.04 Å². The SMILES string of the molecule is C[P+](=O)OCCC[Si](O)(O)O. The Bertz CT molecular complexity index is 133. The molecule has 3 N–H and O–H groups in total. The highest BCUT2D eigenvalue weighted by Gasteiger charge is 2.26. The van der Waals surface area contributed by atoms with Crippen LogP contribution < -0.4 is 0 Å². The maximum atomic E-state index is 10.3. The molecule has 0 radical (unpaired) electrons. The fourth-order valence-corrected chi connectivity index (χ4v) is 1.51. The average molecular weight is 199 g/mol. The zero-order valence-corrected chi connectivity index (χ0v) is 8.12. The summed E-state index contributed by atoms with van der Waals surface area (Å²) >= 11 is 0. The minimum absolute atomic E-state index is 0.0732. The van der Waals surface area contributed by atoms with Crippen LogP contribution in [0.15, 0.2) is 0 Å². The van der Waals surface area contributed by atoms with E-state index in [9.17, 15) is 4.57 Å². The van der Waals surface area contributed by atoms with Gasteiger partial charge in [0.2, 0.25) is 0 Å². The number of hydrogen-bond acceptors (Lipinski definition) is 5. The molecule has 0 amide bonds. The Labute approximate surface area is 66.9 Å². The molecule has 0 aromatic heterocycles. The molecule has 0 saturated carbocycles. The van der Waals surface area contributed by atoms with E-state index in [1.165, 1.54) is 6.66 Å². The quantitative estimate of drug-likeness (QED) is 0.321. The second-order valence-corrected chi connectivity index (χ2v) is 5.34. The van der Waals surface area contributed by atoms with Gasteiger partial charge in [-0.3, -0.25) is 0 Å². The van der Waals surface area contributed by atoms with Crippen LogP contribution in [-0.4, -0.2) is 36.5 Å². The molecule has 0 fully saturated rings. The van der Waals surface area contributed by atoms with Gasteiger partial charge >= 0.3 is 16.8 Å². The van der Waals surface area contributed by atoms with Crippen molar-refractivity contribution in [3.05, 3.63) is 0 Å². The van der Waals surface area contributed by atoms with Crippen molar-refractivity contribution in [2.24, 2.45) is 0 Å². The van der Waals surface area contributed by atoms with Crippen molar-refractivity contribution >= 4 is 16.8 Å². The van der Waals surface area contributed by atoms with Gasteiger partial charge in [-0.25, -0.2) is 0 Å². The van der Waals surface area contributed by atoms with Gasteiger partial charge in [0.25, 0.3) is 0 Å². The third kappa shape index (κ3) is 10.2. The largest absolute Gasteiger partial charge is 0.504 e. The van der Waals surface area contributed by atoms with Crippen molar-refractivity contribution in [3.8, 4) is 0 Å². The molecular weight excluding hydrogens is 187 g/mol. The maximum Gasteiger partial charge on any atom is 0.504 e. The second kappa shape index (κ2) is 4.92. The van der Waals surface area contributed by atoms with Crippen LogP contribution in [0.1, 0.15) is 6.42 Å². The third-order valence-corrected chi connectivity index (χ3v) is 2.50. The van der Waals surface area contributed by atoms with E-state index in [-0.39, 0.29) is 12.7 Å². The smallest absolute Gasteiger partial charge is 0.390 e. The van der Waals surface area contributed by atoms with Crippen LogP contribution in [0, 0.1) is 0 Å². The third-order valence-electron chi connectivity index (χ3n) is 0.930. The van der Waals surface area contributed by atoms with Crippen molar-refractivity contribution in [3.63, 3.8) is 0 Å². The zero-order chi connectivity index (χ0) is 8.91. The van der Waals surface area contributed by atoms with E-state index < -0.39 is 16.8 Å². The minimum atomic E-state index is -3.90. The van der Waals surface area contributed by atoms with Gasteiger partial charge in [-0.1, -0.05) is 0 Å². The molecule has 0 aliphatic rings. The highest BCUT2D eigenvalue weighted by Crippen LogP contribution is 2.16. The molecule has 7 heteroatoms. The second-order valence-electron chi connectivity index (χ2n) is 2.15. The van der Waals surface area contributed by atoms with Gasteiger partial charge in [-0.05, 0) is 11.0 Å². The van der Waals surface area contributed by atoms with Gasteiger partial charge in [-0.15, -0.1) is 4.52 Å². The van der Waals surface area contributed by atoms with Crippen LogP contribution >= 0.6 is 8.03 Å². The molecule has 0 heterocycles. The Morgan fingerprint density at radius 3 is 2.36 bits per heavy atom. The van der Waals surface area contributed by atoms with E-state index >= 15 is 0 Å². The first-order valence-corrected chi connectivity index (χ1v) is 6.80. The summed E-state index contributed by atoms with van der Waals surface area (Å²) in [6.45, 7) is 1.60. The van der Waals surface area contributed by atoms with Crippen LogP contribution in [-0.2, 0) is 9.09 Å². The predicted molar refractivity (Wildman–Crippen MR) is 41.3 cm³/mol. The summed E-state index contributed by atoms with van der Waals surface area (Å²) in [6.07, 6.45) is 0.310. The predicted octanol–water partition coefficient (Wildman–Crippen LogP) is -0.319. The molecule has 0 aromatic rings. The van der Waals surface area contributed by atoms with Crippen molar-refractivity contribution in [2.75, 3.05) is 13.3 Å². The molecule has 0 bridgehead atoms. The maximum absolute atomic E-state index is 10.3. The monoisotopic (exact) mass is 199 g/mol. The highest BCUT2D eigenvalue weighted by atomic mass is 31.1. The number of rotatable bonds is 5. The molecule has 0 aliphatic carbocycles. The molecule has 1 atom stereocenters. The molecule has 0 saturated heterocycles. The van der Waals surface area contributed by atoms with E-state index in [1.807, 2.05) is 0 Å². The Morgan fingerprint density at radius 1 is 1.45 bits per heavy atom. The van der Waals surface area contributed by atoms with E-state index in [0.29, 0.717) is 6.42 Å². The Morgan fingerprint density at radius 2 is 2.00 bits per heavy atom. The lowest BCUT2D eigenvalue weighted by atomic mass is 10.5. The van der Waals surface area contributed by atoms with Gasteiger partial charge in [0.05, 0.1) is 0 Å². The molecule has 0 aromatic carbocycles. The van der Waals surface area contributed by atoms with E-state index in [2.05, 4.69) is 4.52 Å². The van der Waals surface area contributed by atoms with Crippen LogP contribution in [0.4, 0.5) is 0 Å². The fraction of sp³-hybridized carbons (Fsp3) is 1.00. The van der Waals surface area contributed by atoms with Gasteiger partial charge in [0.1, 0.15) is 6.61 Å². The van der Waals surface area contributed by atoms with Gasteiger partial charge in [0.15, 0.2) is 6.66 Å². The molecule has 0 aliphatic heterocycles. The summed E-state index contributed by atoms with van der Waals surface area (Å²) in [5, 5.41) is 0. The molecular formula is C4H12O5PSi+. The lowest BCUT2D eigenvalue weighted by Crippen LogP contribution is -2.34. The van der Waals surface area contributed by atoms with Crippen molar-refractivity contribution < 1.29 is 23.5 Å². The Hall–Kier alpha value is 0.157. The molecule has 0 spiro atoms. The Balaban J connectivity index is 3.22. The summed E-state index contributed by atoms with van der Waals surface area (Å²) in [5.74, 6) is 0. The molecule has 66 valence electrons. The molecule has 1 unspecified atom stereocenters. The first kappa shape index (κ1) is 11.2. The van der Waals surface area contributed by atoms with Gasteiger partial charge < -0.3 is 14.4 Å². The van der Waals surface area contributed by atoms with E-state index in [0.717, 1.165) is 0 Å². The zero-order valence-electron chi connectivity index (χ0n) is 6.23. The van der Waals surface area contributed by atoms with Crippen LogP contribution in [0.25, 0.3) is 0 Å². The molecule has 0 rings (SSSR count). The normalized spacial score (nSPS) is 13.3.